The highest BCUT2D eigenvalue weighted by molar-refractivity contribution is 5.85. The lowest BCUT2D eigenvalue weighted by Crippen LogP contribution is -2.39. The molecule has 1 unspecified atom stereocenters. The first-order valence-corrected chi connectivity index (χ1v) is 7.29. The number of ether oxygens (including phenoxy) is 1. The Labute approximate surface area is 122 Å². The molecule has 19 heavy (non-hydrogen) atoms. The third kappa shape index (κ3) is 5.28. The standard InChI is InChI=1S/C14H26N2O2.ClH/c1-18-11-12-6-9-16(10-7-12)14(17)5-4-13-3-2-8-15-13;/h12-13,15H,2-11H2,1H3;1H. The summed E-state index contributed by atoms with van der Waals surface area (Å²) in [5.74, 6) is 0.995. The maximum absolute atomic E-state index is 12.1. The van der Waals surface area contributed by atoms with Crippen molar-refractivity contribution in [2.45, 2.75) is 44.6 Å². The van der Waals surface area contributed by atoms with E-state index in [9.17, 15) is 4.79 Å². The van der Waals surface area contributed by atoms with Crippen molar-refractivity contribution in [3.63, 3.8) is 0 Å². The zero-order valence-electron chi connectivity index (χ0n) is 11.9. The van der Waals surface area contributed by atoms with Crippen LogP contribution in [0.2, 0.25) is 0 Å². The lowest BCUT2D eigenvalue weighted by Gasteiger charge is -2.32. The van der Waals surface area contributed by atoms with Crippen LogP contribution in [0, 0.1) is 5.92 Å². The number of carbonyl (C=O) groups is 1. The van der Waals surface area contributed by atoms with Gasteiger partial charge in [-0.05, 0) is 44.6 Å². The number of carbonyl (C=O) groups excluding carboxylic acids is 1. The Morgan fingerprint density at radius 3 is 2.63 bits per heavy atom. The van der Waals surface area contributed by atoms with Crippen LogP contribution in [0.1, 0.15) is 38.5 Å². The molecule has 0 aromatic carbocycles. The summed E-state index contributed by atoms with van der Waals surface area (Å²) in [7, 11) is 1.76. The van der Waals surface area contributed by atoms with E-state index in [0.29, 0.717) is 24.3 Å². The summed E-state index contributed by atoms with van der Waals surface area (Å²) >= 11 is 0. The molecule has 2 saturated heterocycles. The quantitative estimate of drug-likeness (QED) is 0.840. The highest BCUT2D eigenvalue weighted by Crippen LogP contribution is 2.19. The van der Waals surface area contributed by atoms with Gasteiger partial charge in [0.2, 0.25) is 5.91 Å². The lowest BCUT2D eigenvalue weighted by atomic mass is 9.97. The minimum absolute atomic E-state index is 0. The molecule has 2 aliphatic heterocycles. The molecule has 1 N–H and O–H groups in total. The Balaban J connectivity index is 0.00000180. The molecule has 5 heteroatoms. The number of rotatable bonds is 5. The van der Waals surface area contributed by atoms with E-state index >= 15 is 0 Å². The van der Waals surface area contributed by atoms with Crippen molar-refractivity contribution in [3.05, 3.63) is 0 Å². The second kappa shape index (κ2) is 8.77. The highest BCUT2D eigenvalue weighted by Gasteiger charge is 2.23. The Morgan fingerprint density at radius 1 is 1.32 bits per heavy atom. The topological polar surface area (TPSA) is 41.6 Å². The number of hydrogen-bond acceptors (Lipinski definition) is 3. The molecule has 0 saturated carbocycles. The molecule has 1 atom stereocenters. The Bertz CT molecular complexity index is 262. The molecule has 0 aromatic heterocycles. The van der Waals surface area contributed by atoms with Gasteiger partial charge < -0.3 is 15.0 Å². The van der Waals surface area contributed by atoms with Crippen LogP contribution in [0.15, 0.2) is 0 Å². The molecular formula is C14H27ClN2O2. The maximum atomic E-state index is 12.1. The first kappa shape index (κ1) is 16.7. The molecular weight excluding hydrogens is 264 g/mol. The van der Waals surface area contributed by atoms with Gasteiger partial charge >= 0.3 is 0 Å². The molecule has 2 fully saturated rings. The van der Waals surface area contributed by atoms with Gasteiger partial charge in [-0.2, -0.15) is 0 Å². The van der Waals surface area contributed by atoms with Crippen molar-refractivity contribution < 1.29 is 9.53 Å². The fraction of sp³-hybridized carbons (Fsp3) is 0.929. The van der Waals surface area contributed by atoms with Crippen molar-refractivity contribution >= 4 is 18.3 Å². The molecule has 4 nitrogen and oxygen atoms in total. The van der Waals surface area contributed by atoms with Gasteiger partial charge in [-0.1, -0.05) is 0 Å². The van der Waals surface area contributed by atoms with E-state index in [1.54, 1.807) is 7.11 Å². The summed E-state index contributed by atoms with van der Waals surface area (Å²) in [6.45, 7) is 3.81. The Kier molecular flexibility index (Phi) is 7.73. The number of likely N-dealkylation sites (tertiary alicyclic amines) is 1. The maximum Gasteiger partial charge on any atom is 0.222 e. The van der Waals surface area contributed by atoms with Crippen molar-refractivity contribution in [2.75, 3.05) is 33.4 Å². The van der Waals surface area contributed by atoms with Crippen molar-refractivity contribution in [1.29, 1.82) is 0 Å². The zero-order chi connectivity index (χ0) is 12.8. The average molecular weight is 291 g/mol. The average Bonchev–Trinajstić information content (AvgIpc) is 2.90. The minimum atomic E-state index is 0. The predicted octanol–water partition coefficient (Wildman–Crippen LogP) is 1.83. The number of methoxy groups -OCH3 is 1. The van der Waals surface area contributed by atoms with E-state index < -0.39 is 0 Å². The van der Waals surface area contributed by atoms with E-state index in [1.807, 2.05) is 4.90 Å². The summed E-state index contributed by atoms with van der Waals surface area (Å²) in [6.07, 6.45) is 6.43. The van der Waals surface area contributed by atoms with Crippen LogP contribution in [-0.2, 0) is 9.53 Å². The lowest BCUT2D eigenvalue weighted by molar-refractivity contribution is -0.133. The van der Waals surface area contributed by atoms with Crippen LogP contribution < -0.4 is 5.32 Å². The van der Waals surface area contributed by atoms with Crippen molar-refractivity contribution in [1.82, 2.24) is 10.2 Å². The Hall–Kier alpha value is -0.320. The van der Waals surface area contributed by atoms with Gasteiger partial charge in [-0.3, -0.25) is 4.79 Å². The molecule has 2 heterocycles. The highest BCUT2D eigenvalue weighted by atomic mass is 35.5. The number of piperidine rings is 1. The summed E-state index contributed by atoms with van der Waals surface area (Å²) < 4.78 is 5.18. The fourth-order valence-corrected chi connectivity index (χ4v) is 3.04. The SMILES string of the molecule is COCC1CCN(C(=O)CCC2CCCN2)CC1.Cl. The molecule has 1 amide bonds. The summed E-state index contributed by atoms with van der Waals surface area (Å²) in [5, 5.41) is 3.45. The molecule has 0 radical (unpaired) electrons. The number of hydrogen-bond donors (Lipinski definition) is 1. The Morgan fingerprint density at radius 2 is 2.05 bits per heavy atom. The zero-order valence-corrected chi connectivity index (χ0v) is 12.7. The van der Waals surface area contributed by atoms with E-state index in [-0.39, 0.29) is 12.4 Å². The second-order valence-corrected chi connectivity index (χ2v) is 5.61. The first-order valence-electron chi connectivity index (χ1n) is 7.29. The van der Waals surface area contributed by atoms with Crippen LogP contribution in [0.3, 0.4) is 0 Å². The van der Waals surface area contributed by atoms with Gasteiger partial charge in [-0.25, -0.2) is 0 Å². The fourth-order valence-electron chi connectivity index (χ4n) is 3.04. The first-order chi connectivity index (χ1) is 8.79. The van der Waals surface area contributed by atoms with E-state index in [0.717, 1.165) is 45.5 Å². The van der Waals surface area contributed by atoms with Crippen molar-refractivity contribution in [3.8, 4) is 0 Å². The van der Waals surface area contributed by atoms with Crippen molar-refractivity contribution in [2.24, 2.45) is 5.92 Å². The normalized spacial score (nSPS) is 24.3. The molecule has 0 aromatic rings. The predicted molar refractivity (Wildman–Crippen MR) is 78.7 cm³/mol. The number of nitrogens with one attached hydrogen (secondary N) is 1. The number of nitrogens with zero attached hydrogens (tertiary/aromatic N) is 1. The summed E-state index contributed by atoms with van der Waals surface area (Å²) in [5.41, 5.74) is 0. The smallest absolute Gasteiger partial charge is 0.222 e. The van der Waals surface area contributed by atoms with Gasteiger partial charge in [0.25, 0.3) is 0 Å². The monoisotopic (exact) mass is 290 g/mol. The molecule has 0 aliphatic carbocycles. The van der Waals surface area contributed by atoms with Crippen LogP contribution in [-0.4, -0.2) is 50.2 Å². The largest absolute Gasteiger partial charge is 0.384 e. The molecule has 2 rings (SSSR count). The number of halogens is 1. The molecule has 2 aliphatic rings. The summed E-state index contributed by atoms with van der Waals surface area (Å²) in [4.78, 5) is 14.1. The van der Waals surface area contributed by atoms with Gasteiger partial charge in [0, 0.05) is 39.3 Å². The minimum Gasteiger partial charge on any atom is -0.384 e. The van der Waals surface area contributed by atoms with Crippen LogP contribution in [0.4, 0.5) is 0 Å². The van der Waals surface area contributed by atoms with Crippen LogP contribution in [0.25, 0.3) is 0 Å². The number of amides is 1. The van der Waals surface area contributed by atoms with E-state index in [2.05, 4.69) is 5.32 Å². The second-order valence-electron chi connectivity index (χ2n) is 5.61. The molecule has 0 bridgehead atoms. The summed E-state index contributed by atoms with van der Waals surface area (Å²) in [6, 6.07) is 0.583. The van der Waals surface area contributed by atoms with Crippen LogP contribution >= 0.6 is 12.4 Å². The third-order valence-electron chi connectivity index (χ3n) is 4.24. The van der Waals surface area contributed by atoms with E-state index in [1.165, 1.54) is 12.8 Å². The van der Waals surface area contributed by atoms with Gasteiger partial charge in [0.05, 0.1) is 0 Å². The van der Waals surface area contributed by atoms with Gasteiger partial charge in [-0.15, -0.1) is 12.4 Å². The molecule has 112 valence electrons. The third-order valence-corrected chi connectivity index (χ3v) is 4.24. The van der Waals surface area contributed by atoms with Gasteiger partial charge in [0.15, 0.2) is 0 Å². The molecule has 0 spiro atoms. The van der Waals surface area contributed by atoms with Gasteiger partial charge in [0.1, 0.15) is 0 Å². The van der Waals surface area contributed by atoms with E-state index in [4.69, 9.17) is 4.74 Å². The van der Waals surface area contributed by atoms with Crippen LogP contribution in [0.5, 0.6) is 0 Å².